The molecule has 0 aliphatic carbocycles. The lowest BCUT2D eigenvalue weighted by molar-refractivity contribution is -0.126. The minimum atomic E-state index is -3.50. The van der Waals surface area contributed by atoms with Crippen LogP contribution in [-0.2, 0) is 20.2 Å². The molecule has 0 bridgehead atoms. The molecular weight excluding hydrogens is 432 g/mol. The normalized spacial score (nSPS) is 16.5. The highest BCUT2D eigenvalue weighted by molar-refractivity contribution is 7.92. The number of nitrogens with zero attached hydrogens (tertiary/aromatic N) is 1. The van der Waals surface area contributed by atoms with Crippen LogP contribution >= 0.6 is 11.6 Å². The zero-order valence-corrected chi connectivity index (χ0v) is 19.5. The fourth-order valence-corrected chi connectivity index (χ4v) is 4.99. The molecule has 166 valence electrons. The fraction of sp³-hybridized carbons (Fsp3) is 0.375. The van der Waals surface area contributed by atoms with Crippen LogP contribution in [0.25, 0.3) is 6.08 Å². The number of carbonyl (C=O) groups excluding carboxylic acids is 1. The van der Waals surface area contributed by atoms with E-state index < -0.39 is 10.0 Å². The molecule has 0 unspecified atom stereocenters. The first-order valence-corrected chi connectivity index (χ1v) is 12.3. The van der Waals surface area contributed by atoms with Crippen molar-refractivity contribution < 1.29 is 13.2 Å². The third-order valence-corrected chi connectivity index (χ3v) is 7.56. The maximum absolute atomic E-state index is 12.7. The Balaban J connectivity index is 1.51. The van der Waals surface area contributed by atoms with Crippen LogP contribution in [0.15, 0.2) is 60.0 Å². The fourth-order valence-electron chi connectivity index (χ4n) is 3.64. The predicted molar refractivity (Wildman–Crippen MR) is 126 cm³/mol. The first-order valence-electron chi connectivity index (χ1n) is 10.4. The highest BCUT2D eigenvalue weighted by Crippen LogP contribution is 2.25. The number of benzene rings is 2. The largest absolute Gasteiger partial charge is 0.355 e. The highest BCUT2D eigenvalue weighted by Gasteiger charge is 2.31. The van der Waals surface area contributed by atoms with Crippen LogP contribution in [0.4, 0.5) is 0 Å². The van der Waals surface area contributed by atoms with Gasteiger partial charge in [-0.3, -0.25) is 4.79 Å². The van der Waals surface area contributed by atoms with E-state index in [4.69, 9.17) is 11.6 Å². The van der Waals surface area contributed by atoms with Gasteiger partial charge in [-0.15, -0.1) is 0 Å². The first kappa shape index (κ1) is 23.5. The summed E-state index contributed by atoms with van der Waals surface area (Å²) in [6.45, 7) is 5.35. The Morgan fingerprint density at radius 1 is 1.10 bits per heavy atom. The van der Waals surface area contributed by atoms with E-state index in [1.54, 1.807) is 6.08 Å². The van der Waals surface area contributed by atoms with Gasteiger partial charge in [-0.2, -0.15) is 4.31 Å². The number of hydrogen-bond donors (Lipinski definition) is 1. The molecule has 1 N–H and O–H groups in total. The Hall–Kier alpha value is -2.15. The third kappa shape index (κ3) is 6.42. The number of rotatable bonds is 7. The van der Waals surface area contributed by atoms with Gasteiger partial charge in [0.25, 0.3) is 0 Å². The van der Waals surface area contributed by atoms with Crippen molar-refractivity contribution in [1.29, 1.82) is 0 Å². The molecule has 5 nitrogen and oxygen atoms in total. The van der Waals surface area contributed by atoms with E-state index in [9.17, 15) is 13.2 Å². The van der Waals surface area contributed by atoms with E-state index in [1.807, 2.05) is 54.6 Å². The summed E-state index contributed by atoms with van der Waals surface area (Å²) >= 11 is 5.96. The molecule has 0 atom stereocenters. The number of carbonyl (C=O) groups is 1. The van der Waals surface area contributed by atoms with E-state index in [0.29, 0.717) is 37.5 Å². The van der Waals surface area contributed by atoms with Crippen LogP contribution < -0.4 is 5.32 Å². The molecule has 1 aliphatic heterocycles. The van der Waals surface area contributed by atoms with Gasteiger partial charge in [0.05, 0.1) is 0 Å². The van der Waals surface area contributed by atoms with Crippen molar-refractivity contribution in [3.8, 4) is 0 Å². The lowest BCUT2D eigenvalue weighted by Gasteiger charge is -2.31. The molecule has 2 aromatic carbocycles. The van der Waals surface area contributed by atoms with Crippen LogP contribution in [0.1, 0.15) is 37.8 Å². The van der Waals surface area contributed by atoms with E-state index in [1.165, 1.54) is 9.71 Å². The van der Waals surface area contributed by atoms with E-state index in [-0.39, 0.29) is 17.2 Å². The average molecular weight is 461 g/mol. The SMILES string of the molecule is CC(C)(CNC(=O)C1CCN(S(=O)(=O)/C=C/c2ccccc2)CC1)c1ccc(Cl)cc1. The smallest absolute Gasteiger partial charge is 0.236 e. The van der Waals surface area contributed by atoms with Crippen molar-refractivity contribution in [3.05, 3.63) is 76.2 Å². The average Bonchev–Trinajstić information content (AvgIpc) is 2.77. The quantitative estimate of drug-likeness (QED) is 0.663. The van der Waals surface area contributed by atoms with Gasteiger partial charge in [-0.1, -0.05) is 67.9 Å². The third-order valence-electron chi connectivity index (χ3n) is 5.75. The second-order valence-electron chi connectivity index (χ2n) is 8.54. The van der Waals surface area contributed by atoms with Crippen molar-refractivity contribution in [2.45, 2.75) is 32.1 Å². The number of amides is 1. The summed E-state index contributed by atoms with van der Waals surface area (Å²) in [5.74, 6) is -0.190. The number of sulfonamides is 1. The van der Waals surface area contributed by atoms with Crippen molar-refractivity contribution in [2.24, 2.45) is 5.92 Å². The van der Waals surface area contributed by atoms with E-state index in [0.717, 1.165) is 11.1 Å². The van der Waals surface area contributed by atoms with Crippen LogP contribution in [0.5, 0.6) is 0 Å². The maximum atomic E-state index is 12.7. The number of nitrogens with one attached hydrogen (secondary N) is 1. The summed E-state index contributed by atoms with van der Waals surface area (Å²) in [5.41, 5.74) is 1.71. The molecule has 1 saturated heterocycles. The Kier molecular flexibility index (Phi) is 7.57. The van der Waals surface area contributed by atoms with Crippen molar-refractivity contribution in [1.82, 2.24) is 9.62 Å². The van der Waals surface area contributed by atoms with Gasteiger partial charge in [-0.25, -0.2) is 8.42 Å². The van der Waals surface area contributed by atoms with Gasteiger partial charge in [0, 0.05) is 41.4 Å². The minimum absolute atomic E-state index is 0.0149. The number of piperidine rings is 1. The maximum Gasteiger partial charge on any atom is 0.236 e. The Labute approximate surface area is 190 Å². The molecule has 1 heterocycles. The van der Waals surface area contributed by atoms with Gasteiger partial charge in [0.15, 0.2) is 0 Å². The molecule has 3 rings (SSSR count). The number of hydrogen-bond acceptors (Lipinski definition) is 3. The molecule has 31 heavy (non-hydrogen) atoms. The molecule has 1 fully saturated rings. The summed E-state index contributed by atoms with van der Waals surface area (Å²) in [4.78, 5) is 12.7. The molecule has 0 spiro atoms. The van der Waals surface area contributed by atoms with Gasteiger partial charge < -0.3 is 5.32 Å². The van der Waals surface area contributed by atoms with Gasteiger partial charge >= 0.3 is 0 Å². The number of halogens is 1. The Bertz CT molecular complexity index is 1010. The van der Waals surface area contributed by atoms with E-state index >= 15 is 0 Å². The molecule has 1 aliphatic rings. The minimum Gasteiger partial charge on any atom is -0.355 e. The molecule has 0 saturated carbocycles. The summed E-state index contributed by atoms with van der Waals surface area (Å²) in [6, 6.07) is 17.0. The molecule has 2 aromatic rings. The van der Waals surface area contributed by atoms with Crippen molar-refractivity contribution in [3.63, 3.8) is 0 Å². The standard InChI is InChI=1S/C24H29ClN2O3S/c1-24(2,21-8-10-22(25)11-9-21)18-26-23(28)20-12-15-27(16-13-20)31(29,30)17-14-19-6-4-3-5-7-19/h3-11,14,17,20H,12-13,15-16,18H2,1-2H3,(H,26,28)/b17-14+. The van der Waals surface area contributed by atoms with Crippen molar-refractivity contribution in [2.75, 3.05) is 19.6 Å². The summed E-state index contributed by atoms with van der Waals surface area (Å²) < 4.78 is 26.7. The molecule has 0 aromatic heterocycles. The molecular formula is C24H29ClN2O3S. The van der Waals surface area contributed by atoms with Crippen LogP contribution in [-0.4, -0.2) is 38.3 Å². The summed E-state index contributed by atoms with van der Waals surface area (Å²) in [5, 5.41) is 4.98. The second-order valence-corrected chi connectivity index (χ2v) is 10.8. The first-order chi connectivity index (χ1) is 14.7. The zero-order chi connectivity index (χ0) is 22.5. The summed E-state index contributed by atoms with van der Waals surface area (Å²) in [6.07, 6.45) is 2.64. The Morgan fingerprint density at radius 3 is 2.32 bits per heavy atom. The monoisotopic (exact) mass is 460 g/mol. The lowest BCUT2D eigenvalue weighted by atomic mass is 9.84. The Morgan fingerprint density at radius 2 is 1.71 bits per heavy atom. The van der Waals surface area contributed by atoms with Gasteiger partial charge in [0.2, 0.25) is 15.9 Å². The molecule has 1 amide bonds. The van der Waals surface area contributed by atoms with Crippen molar-refractivity contribution >= 4 is 33.6 Å². The van der Waals surface area contributed by atoms with Gasteiger partial charge in [0.1, 0.15) is 0 Å². The lowest BCUT2D eigenvalue weighted by Crippen LogP contribution is -2.44. The predicted octanol–water partition coefficient (Wildman–Crippen LogP) is 4.45. The molecule has 7 heteroatoms. The zero-order valence-electron chi connectivity index (χ0n) is 17.9. The highest BCUT2D eigenvalue weighted by atomic mass is 35.5. The second kappa shape index (κ2) is 9.98. The van der Waals surface area contributed by atoms with Gasteiger partial charge in [-0.05, 0) is 42.2 Å². The van der Waals surface area contributed by atoms with Crippen LogP contribution in [0, 0.1) is 5.92 Å². The van der Waals surface area contributed by atoms with Crippen LogP contribution in [0.2, 0.25) is 5.02 Å². The van der Waals surface area contributed by atoms with E-state index in [2.05, 4.69) is 19.2 Å². The summed E-state index contributed by atoms with van der Waals surface area (Å²) in [7, 11) is -3.50. The molecule has 0 radical (unpaired) electrons. The topological polar surface area (TPSA) is 66.5 Å². The van der Waals surface area contributed by atoms with Crippen LogP contribution in [0.3, 0.4) is 0 Å².